The highest BCUT2D eigenvalue weighted by Crippen LogP contribution is 2.36. The first kappa shape index (κ1) is 17.1. The molecule has 1 fully saturated rings. The number of nitrogens with zero attached hydrogens (tertiary/aromatic N) is 3. The fourth-order valence-electron chi connectivity index (χ4n) is 3.38. The van der Waals surface area contributed by atoms with Gasteiger partial charge < -0.3 is 15.2 Å². The molecule has 128 valence electrons. The summed E-state index contributed by atoms with van der Waals surface area (Å²) in [5.41, 5.74) is 10.0. The Balaban J connectivity index is 0.00000169. The zero-order valence-corrected chi connectivity index (χ0v) is 15.2. The molecule has 0 unspecified atom stereocenters. The monoisotopic (exact) mass is 366 g/mol. The third kappa shape index (κ3) is 2.66. The number of halogens is 2. The van der Waals surface area contributed by atoms with Gasteiger partial charge in [0, 0.05) is 35.5 Å². The first-order valence-electron chi connectivity index (χ1n) is 7.79. The van der Waals surface area contributed by atoms with Crippen LogP contribution in [-0.2, 0) is 0 Å². The molecule has 0 aliphatic carbocycles. The van der Waals surface area contributed by atoms with E-state index in [1.807, 2.05) is 12.1 Å². The van der Waals surface area contributed by atoms with Crippen LogP contribution in [-0.4, -0.2) is 28.9 Å². The largest absolute Gasteiger partial charge is 0.367 e. The zero-order valence-electron chi connectivity index (χ0n) is 13.6. The number of benzene rings is 1. The second-order valence-corrected chi connectivity index (χ2v) is 6.69. The van der Waals surface area contributed by atoms with Crippen molar-refractivity contribution < 1.29 is 4.52 Å². The van der Waals surface area contributed by atoms with Crippen molar-refractivity contribution in [2.24, 2.45) is 5.73 Å². The van der Waals surface area contributed by atoms with Crippen molar-refractivity contribution in [2.45, 2.75) is 26.3 Å². The van der Waals surface area contributed by atoms with Gasteiger partial charge in [-0.3, -0.25) is 4.57 Å². The normalized spacial score (nSPS) is 17.5. The van der Waals surface area contributed by atoms with E-state index >= 15 is 0 Å². The average Bonchev–Trinajstić information content (AvgIpc) is 3.19. The molecule has 5 nitrogen and oxygen atoms in total. The van der Waals surface area contributed by atoms with Crippen molar-refractivity contribution >= 4 is 40.7 Å². The Labute approximate surface area is 151 Å². The molecule has 7 heteroatoms. The summed E-state index contributed by atoms with van der Waals surface area (Å²) in [7, 11) is 0. The van der Waals surface area contributed by atoms with Crippen molar-refractivity contribution in [3.05, 3.63) is 40.7 Å². The van der Waals surface area contributed by atoms with E-state index in [2.05, 4.69) is 40.6 Å². The molecule has 1 aliphatic heterocycles. The van der Waals surface area contributed by atoms with Gasteiger partial charge in [-0.05, 0) is 44.5 Å². The maximum atomic E-state index is 6.37. The first-order valence-corrected chi connectivity index (χ1v) is 8.17. The lowest BCUT2D eigenvalue weighted by Gasteiger charge is -2.18. The topological polar surface area (TPSA) is 60.2 Å². The van der Waals surface area contributed by atoms with Crippen LogP contribution < -0.4 is 10.6 Å². The minimum Gasteiger partial charge on any atom is -0.367 e. The predicted octanol–water partition coefficient (Wildman–Crippen LogP) is 3.85. The molecule has 0 saturated carbocycles. The van der Waals surface area contributed by atoms with E-state index in [0.717, 1.165) is 53.4 Å². The maximum Gasteiger partial charge on any atom is 0.192 e. The van der Waals surface area contributed by atoms with Crippen molar-refractivity contribution in [3.63, 3.8) is 0 Å². The summed E-state index contributed by atoms with van der Waals surface area (Å²) in [6, 6.07) is 8.19. The zero-order chi connectivity index (χ0) is 16.1. The fraction of sp³-hybridized carbons (Fsp3) is 0.353. The summed E-state index contributed by atoms with van der Waals surface area (Å²) in [4.78, 5) is 2.23. The Morgan fingerprint density at radius 1 is 1.25 bits per heavy atom. The van der Waals surface area contributed by atoms with Gasteiger partial charge in [0.05, 0.1) is 11.1 Å². The van der Waals surface area contributed by atoms with Crippen molar-refractivity contribution in [2.75, 3.05) is 18.0 Å². The second-order valence-electron chi connectivity index (χ2n) is 6.25. The Hall–Kier alpha value is -1.69. The molecule has 0 spiro atoms. The second kappa shape index (κ2) is 6.31. The molecule has 1 atom stereocenters. The Kier molecular flexibility index (Phi) is 4.51. The summed E-state index contributed by atoms with van der Waals surface area (Å²) in [5, 5.41) is 5.93. The summed E-state index contributed by atoms with van der Waals surface area (Å²) in [5.74, 6) is 0.784. The fourth-order valence-corrected chi connectivity index (χ4v) is 3.60. The highest BCUT2D eigenvalue weighted by molar-refractivity contribution is 6.32. The highest BCUT2D eigenvalue weighted by Gasteiger charge is 2.25. The molecular formula is C17H20Cl2N4O. The van der Waals surface area contributed by atoms with Crippen molar-refractivity contribution in [3.8, 4) is 5.82 Å². The number of fused-ring (bicyclic) bond motifs is 1. The molecule has 0 radical (unpaired) electrons. The number of nitrogens with two attached hydrogens (primary N) is 1. The Bertz CT molecular complexity index is 867. The van der Waals surface area contributed by atoms with Gasteiger partial charge in [-0.25, -0.2) is 0 Å². The lowest BCUT2D eigenvalue weighted by molar-refractivity contribution is 0.451. The number of rotatable bonds is 2. The minimum atomic E-state index is 0. The number of anilines is 1. The SMILES string of the molecule is Cc1ccc(C)n1-c1noc2c(N3CC[C@@H](N)C3)cc(Cl)cc12.Cl. The van der Waals surface area contributed by atoms with E-state index in [-0.39, 0.29) is 18.4 Å². The Morgan fingerprint density at radius 2 is 1.96 bits per heavy atom. The van der Waals surface area contributed by atoms with E-state index in [0.29, 0.717) is 5.02 Å². The molecule has 1 aliphatic rings. The van der Waals surface area contributed by atoms with Crippen molar-refractivity contribution in [1.29, 1.82) is 0 Å². The summed E-state index contributed by atoms with van der Waals surface area (Å²) < 4.78 is 7.79. The van der Waals surface area contributed by atoms with Crippen LogP contribution in [0.5, 0.6) is 0 Å². The van der Waals surface area contributed by atoms with Gasteiger partial charge in [0.25, 0.3) is 0 Å². The average molecular weight is 367 g/mol. The van der Waals surface area contributed by atoms with Crippen LogP contribution in [0.3, 0.4) is 0 Å². The number of hydrogen-bond donors (Lipinski definition) is 1. The quantitative estimate of drug-likeness (QED) is 0.748. The van der Waals surface area contributed by atoms with E-state index in [1.54, 1.807) is 0 Å². The van der Waals surface area contributed by atoms with Gasteiger partial charge in [0.1, 0.15) is 0 Å². The van der Waals surface area contributed by atoms with Gasteiger partial charge in [-0.2, -0.15) is 0 Å². The van der Waals surface area contributed by atoms with E-state index < -0.39 is 0 Å². The highest BCUT2D eigenvalue weighted by atomic mass is 35.5. The van der Waals surface area contributed by atoms with Crippen LogP contribution in [0.15, 0.2) is 28.8 Å². The maximum absolute atomic E-state index is 6.37. The lowest BCUT2D eigenvalue weighted by atomic mass is 10.2. The Morgan fingerprint density at radius 3 is 2.58 bits per heavy atom. The smallest absolute Gasteiger partial charge is 0.192 e. The molecule has 3 heterocycles. The predicted molar refractivity (Wildman–Crippen MR) is 99.9 cm³/mol. The van der Waals surface area contributed by atoms with E-state index in [4.69, 9.17) is 21.9 Å². The molecule has 1 aromatic carbocycles. The van der Waals surface area contributed by atoms with Crippen LogP contribution in [0.25, 0.3) is 16.8 Å². The molecule has 2 aromatic heterocycles. The minimum absolute atomic E-state index is 0. The molecule has 24 heavy (non-hydrogen) atoms. The molecule has 3 aromatic rings. The van der Waals surface area contributed by atoms with E-state index in [9.17, 15) is 0 Å². The summed E-state index contributed by atoms with van der Waals surface area (Å²) >= 11 is 6.37. The number of hydrogen-bond acceptors (Lipinski definition) is 4. The summed E-state index contributed by atoms with van der Waals surface area (Å²) in [6.07, 6.45) is 0.977. The van der Waals surface area contributed by atoms with Crippen LogP contribution in [0.1, 0.15) is 17.8 Å². The molecule has 4 rings (SSSR count). The third-order valence-corrected chi connectivity index (χ3v) is 4.76. The van der Waals surface area contributed by atoms with Crippen molar-refractivity contribution in [1.82, 2.24) is 9.72 Å². The standard InChI is InChI=1S/C17H19ClN4O.ClH/c1-10-3-4-11(2)22(10)17-14-7-12(18)8-15(16(14)23-20-17)21-6-5-13(19)9-21;/h3-4,7-8,13H,5-6,9,19H2,1-2H3;1H/t13-;/m1./s1. The first-order chi connectivity index (χ1) is 11.0. The third-order valence-electron chi connectivity index (χ3n) is 4.55. The van der Waals surface area contributed by atoms with Crippen LogP contribution >= 0.6 is 24.0 Å². The number of aryl methyl sites for hydroxylation is 2. The van der Waals surface area contributed by atoms with Crippen LogP contribution in [0, 0.1) is 13.8 Å². The lowest BCUT2D eigenvalue weighted by Crippen LogP contribution is -2.26. The van der Waals surface area contributed by atoms with E-state index in [1.165, 1.54) is 0 Å². The van der Waals surface area contributed by atoms with Gasteiger partial charge >= 0.3 is 0 Å². The van der Waals surface area contributed by atoms with Gasteiger partial charge in [0.2, 0.25) is 0 Å². The van der Waals surface area contributed by atoms with Crippen LogP contribution in [0.2, 0.25) is 5.02 Å². The summed E-state index contributed by atoms with van der Waals surface area (Å²) in [6.45, 7) is 5.83. The molecule has 0 bridgehead atoms. The van der Waals surface area contributed by atoms with Crippen LogP contribution in [0.4, 0.5) is 5.69 Å². The van der Waals surface area contributed by atoms with Gasteiger partial charge in [0.15, 0.2) is 11.4 Å². The molecule has 0 amide bonds. The van der Waals surface area contributed by atoms with Gasteiger partial charge in [-0.1, -0.05) is 16.8 Å². The number of aromatic nitrogens is 2. The van der Waals surface area contributed by atoms with Gasteiger partial charge in [-0.15, -0.1) is 12.4 Å². The molecule has 1 saturated heterocycles. The molecule has 2 N–H and O–H groups in total. The molecular weight excluding hydrogens is 347 g/mol.